The molecule has 3 amide bonds. The van der Waals surface area contributed by atoms with Crippen molar-refractivity contribution in [3.05, 3.63) is 70.2 Å². The molecule has 164 valence electrons. The van der Waals surface area contributed by atoms with Gasteiger partial charge in [-0.3, -0.25) is 19.3 Å². The van der Waals surface area contributed by atoms with E-state index in [0.29, 0.717) is 31.7 Å². The molecule has 0 spiro atoms. The van der Waals surface area contributed by atoms with Crippen LogP contribution in [-0.2, 0) is 9.59 Å². The molecule has 2 aromatic rings. The number of nitrogens with one attached hydrogen (secondary N) is 2. The second kappa shape index (κ2) is 11.1. The quantitative estimate of drug-likeness (QED) is 0.613. The van der Waals surface area contributed by atoms with Gasteiger partial charge in [0.1, 0.15) is 0 Å². The Balaban J connectivity index is 1.37. The molecule has 8 heteroatoms. The summed E-state index contributed by atoms with van der Waals surface area (Å²) in [6.45, 7) is 5.56. The molecule has 1 aliphatic heterocycles. The number of rotatable bonds is 6. The molecule has 3 rings (SSSR count). The predicted molar refractivity (Wildman–Crippen MR) is 122 cm³/mol. The Morgan fingerprint density at radius 2 is 1.58 bits per heavy atom. The van der Waals surface area contributed by atoms with Crippen molar-refractivity contribution in [3.8, 4) is 0 Å². The van der Waals surface area contributed by atoms with Crippen LogP contribution >= 0.6 is 15.9 Å². The van der Waals surface area contributed by atoms with Crippen LogP contribution in [-0.4, -0.2) is 66.8 Å². The third-order valence-electron chi connectivity index (χ3n) is 5.33. The van der Waals surface area contributed by atoms with Crippen LogP contribution in [0.4, 0.5) is 0 Å². The number of benzene rings is 2. The van der Waals surface area contributed by atoms with E-state index in [-0.39, 0.29) is 11.9 Å². The fourth-order valence-electron chi connectivity index (χ4n) is 3.47. The van der Waals surface area contributed by atoms with Crippen molar-refractivity contribution in [2.45, 2.75) is 13.0 Å². The van der Waals surface area contributed by atoms with E-state index in [1.807, 2.05) is 66.4 Å². The van der Waals surface area contributed by atoms with Gasteiger partial charge in [-0.1, -0.05) is 42.5 Å². The number of carbonyl (C=O) groups excluding carboxylic acids is 3. The molecule has 1 aliphatic rings. The zero-order valence-electron chi connectivity index (χ0n) is 17.5. The average molecular weight is 487 g/mol. The van der Waals surface area contributed by atoms with E-state index < -0.39 is 11.8 Å². The van der Waals surface area contributed by atoms with Crippen molar-refractivity contribution in [1.29, 1.82) is 0 Å². The summed E-state index contributed by atoms with van der Waals surface area (Å²) in [5.74, 6) is -1.25. The van der Waals surface area contributed by atoms with E-state index >= 15 is 0 Å². The first kappa shape index (κ1) is 23.0. The Morgan fingerprint density at radius 1 is 0.935 bits per heavy atom. The van der Waals surface area contributed by atoms with E-state index in [0.717, 1.165) is 23.1 Å². The molecule has 2 aromatic carbocycles. The van der Waals surface area contributed by atoms with Gasteiger partial charge in [0.05, 0.1) is 11.6 Å². The van der Waals surface area contributed by atoms with E-state index in [2.05, 4.69) is 31.5 Å². The maximum atomic E-state index is 12.7. The second-order valence-corrected chi connectivity index (χ2v) is 8.33. The summed E-state index contributed by atoms with van der Waals surface area (Å²) in [5, 5.41) is 5.38. The van der Waals surface area contributed by atoms with Crippen LogP contribution in [0.5, 0.6) is 0 Å². The Bertz CT molecular complexity index is 914. The number of halogens is 1. The lowest BCUT2D eigenvalue weighted by atomic mass is 10.1. The van der Waals surface area contributed by atoms with E-state index in [1.165, 1.54) is 0 Å². The summed E-state index contributed by atoms with van der Waals surface area (Å²) in [7, 11) is 0. The monoisotopic (exact) mass is 486 g/mol. The molecule has 0 bridgehead atoms. The zero-order chi connectivity index (χ0) is 22.2. The van der Waals surface area contributed by atoms with E-state index in [9.17, 15) is 14.4 Å². The number of piperazine rings is 1. The largest absolute Gasteiger partial charge is 0.347 e. The fourth-order valence-corrected chi connectivity index (χ4v) is 3.93. The number of carbonyl (C=O) groups is 3. The third-order valence-corrected chi connectivity index (χ3v) is 6.02. The third kappa shape index (κ3) is 6.38. The molecular formula is C23H27BrN4O3. The van der Waals surface area contributed by atoms with Crippen LogP contribution in [0, 0.1) is 0 Å². The summed E-state index contributed by atoms with van der Waals surface area (Å²) < 4.78 is 0.796. The highest BCUT2D eigenvalue weighted by Gasteiger charge is 2.23. The normalized spacial score (nSPS) is 15.2. The minimum absolute atomic E-state index is 0.0182. The highest BCUT2D eigenvalue weighted by molar-refractivity contribution is 9.10. The van der Waals surface area contributed by atoms with Crippen molar-refractivity contribution in [2.24, 2.45) is 0 Å². The van der Waals surface area contributed by atoms with Gasteiger partial charge in [0, 0.05) is 43.7 Å². The summed E-state index contributed by atoms with van der Waals surface area (Å²) in [4.78, 5) is 40.9. The molecule has 7 nitrogen and oxygen atoms in total. The molecule has 0 radical (unpaired) electrons. The molecule has 1 heterocycles. The topological polar surface area (TPSA) is 81.8 Å². The van der Waals surface area contributed by atoms with Crippen molar-refractivity contribution in [3.63, 3.8) is 0 Å². The molecule has 31 heavy (non-hydrogen) atoms. The van der Waals surface area contributed by atoms with Crippen LogP contribution in [0.1, 0.15) is 28.9 Å². The maximum Gasteiger partial charge on any atom is 0.309 e. The van der Waals surface area contributed by atoms with Gasteiger partial charge in [0.25, 0.3) is 5.91 Å². The molecule has 0 unspecified atom stereocenters. The van der Waals surface area contributed by atoms with Crippen LogP contribution in [0.2, 0.25) is 0 Å². The molecule has 0 aliphatic carbocycles. The average Bonchev–Trinajstić information content (AvgIpc) is 2.80. The highest BCUT2D eigenvalue weighted by atomic mass is 79.9. The van der Waals surface area contributed by atoms with Crippen LogP contribution in [0.25, 0.3) is 0 Å². The first-order valence-electron chi connectivity index (χ1n) is 10.4. The highest BCUT2D eigenvalue weighted by Crippen LogP contribution is 2.18. The Morgan fingerprint density at radius 3 is 2.26 bits per heavy atom. The van der Waals surface area contributed by atoms with Crippen LogP contribution < -0.4 is 10.6 Å². The van der Waals surface area contributed by atoms with Gasteiger partial charge in [0.2, 0.25) is 0 Å². The summed E-state index contributed by atoms with van der Waals surface area (Å²) in [5.41, 5.74) is 1.61. The van der Waals surface area contributed by atoms with Gasteiger partial charge in [-0.25, -0.2) is 0 Å². The minimum Gasteiger partial charge on any atom is -0.347 e. The van der Waals surface area contributed by atoms with Crippen molar-refractivity contribution in [1.82, 2.24) is 20.4 Å². The first-order valence-corrected chi connectivity index (χ1v) is 11.1. The lowest BCUT2D eigenvalue weighted by Gasteiger charge is -2.34. The lowest BCUT2D eigenvalue weighted by molar-refractivity contribution is -0.139. The Labute approximate surface area is 190 Å². The van der Waals surface area contributed by atoms with Crippen molar-refractivity contribution < 1.29 is 14.4 Å². The van der Waals surface area contributed by atoms with Crippen LogP contribution in [0.3, 0.4) is 0 Å². The van der Waals surface area contributed by atoms with Crippen molar-refractivity contribution in [2.75, 3.05) is 39.3 Å². The number of amides is 3. The minimum atomic E-state index is -0.639. The number of hydrogen-bond acceptors (Lipinski definition) is 4. The number of hydrogen-bond donors (Lipinski definition) is 2. The standard InChI is InChI=1S/C23H27BrN4O3/c1-17(18-7-3-2-4-8-18)26-22(30)21(29)25-11-12-27-13-15-28(16-14-27)23(31)19-9-5-6-10-20(19)24/h2-10,17H,11-16H2,1H3,(H,25,29)(H,26,30)/t17-/m1/s1. The summed E-state index contributed by atoms with van der Waals surface area (Å²) in [6.07, 6.45) is 0. The molecule has 1 fully saturated rings. The van der Waals surface area contributed by atoms with E-state index in [1.54, 1.807) is 0 Å². The Hall–Kier alpha value is -2.71. The lowest BCUT2D eigenvalue weighted by Crippen LogP contribution is -2.51. The zero-order valence-corrected chi connectivity index (χ0v) is 19.1. The van der Waals surface area contributed by atoms with Crippen LogP contribution in [0.15, 0.2) is 59.1 Å². The fraction of sp³-hybridized carbons (Fsp3) is 0.348. The van der Waals surface area contributed by atoms with Crippen molar-refractivity contribution >= 4 is 33.7 Å². The molecule has 1 atom stereocenters. The molecule has 0 saturated carbocycles. The first-order chi connectivity index (χ1) is 15.0. The SMILES string of the molecule is C[C@@H](NC(=O)C(=O)NCCN1CCN(C(=O)c2ccccc2Br)CC1)c1ccccc1. The maximum absolute atomic E-state index is 12.7. The Kier molecular flexibility index (Phi) is 8.20. The summed E-state index contributed by atoms with van der Waals surface area (Å²) in [6, 6.07) is 16.7. The van der Waals surface area contributed by atoms with E-state index in [4.69, 9.17) is 0 Å². The van der Waals surface area contributed by atoms with Gasteiger partial charge >= 0.3 is 11.8 Å². The van der Waals surface area contributed by atoms with Gasteiger partial charge < -0.3 is 15.5 Å². The van der Waals surface area contributed by atoms with Gasteiger partial charge in [-0.05, 0) is 40.5 Å². The second-order valence-electron chi connectivity index (χ2n) is 7.48. The van der Waals surface area contributed by atoms with Gasteiger partial charge in [-0.15, -0.1) is 0 Å². The molecule has 0 aromatic heterocycles. The molecular weight excluding hydrogens is 460 g/mol. The number of nitrogens with zero attached hydrogens (tertiary/aromatic N) is 2. The smallest absolute Gasteiger partial charge is 0.309 e. The molecule has 1 saturated heterocycles. The van der Waals surface area contributed by atoms with Gasteiger partial charge in [-0.2, -0.15) is 0 Å². The van der Waals surface area contributed by atoms with Gasteiger partial charge in [0.15, 0.2) is 0 Å². The summed E-state index contributed by atoms with van der Waals surface area (Å²) >= 11 is 3.43. The molecule has 2 N–H and O–H groups in total. The predicted octanol–water partition coefficient (Wildman–Crippen LogP) is 2.20.